The molecule has 0 spiro atoms. The van der Waals surface area contributed by atoms with E-state index in [1.54, 1.807) is 0 Å². The second-order valence-electron chi connectivity index (χ2n) is 7.19. The van der Waals surface area contributed by atoms with Crippen molar-refractivity contribution in [2.24, 2.45) is 5.92 Å². The maximum absolute atomic E-state index is 12.1. The zero-order valence-corrected chi connectivity index (χ0v) is 16.2. The largest absolute Gasteiger partial charge is 0.394 e. The molecule has 3 rings (SSSR count). The van der Waals surface area contributed by atoms with Gasteiger partial charge in [0.2, 0.25) is 0 Å². The van der Waals surface area contributed by atoms with Gasteiger partial charge in [0, 0.05) is 29.3 Å². The molecule has 1 aliphatic rings. The van der Waals surface area contributed by atoms with Gasteiger partial charge in [-0.2, -0.15) is 0 Å². The first-order valence-electron chi connectivity index (χ1n) is 9.13. The Kier molecular flexibility index (Phi) is 6.16. The molecule has 0 radical (unpaired) electrons. The summed E-state index contributed by atoms with van der Waals surface area (Å²) in [5, 5.41) is 17.2. The van der Waals surface area contributed by atoms with Gasteiger partial charge in [-0.1, -0.05) is 13.8 Å². The minimum atomic E-state index is -0.279. The number of benzene rings is 1. The normalized spacial score (nSPS) is 14.8. The summed E-state index contributed by atoms with van der Waals surface area (Å²) < 4.78 is 0. The maximum atomic E-state index is 12.1. The Morgan fingerprint density at radius 2 is 2.04 bits per heavy atom. The van der Waals surface area contributed by atoms with E-state index in [9.17, 15) is 9.90 Å². The number of carbonyl (C=O) groups excluding carboxylic acids is 1. The standard InChI is InChI=1S/C20H27N3O2S/c1-14(2)11-17(13-24)22-20(25)21-16-3-5-18(6-4-16)23-9-7-19-15(12-23)8-10-26-19/h3-6,8,10,14,17,24H,7,9,11-13H2,1-2H3,(H2,21,22,25). The Balaban J connectivity index is 1.55. The second-order valence-corrected chi connectivity index (χ2v) is 8.20. The lowest BCUT2D eigenvalue weighted by atomic mass is 10.0. The third-order valence-corrected chi connectivity index (χ3v) is 5.63. The highest BCUT2D eigenvalue weighted by atomic mass is 32.1. The van der Waals surface area contributed by atoms with E-state index in [4.69, 9.17) is 0 Å². The van der Waals surface area contributed by atoms with E-state index in [1.807, 2.05) is 35.6 Å². The highest BCUT2D eigenvalue weighted by Crippen LogP contribution is 2.28. The number of aliphatic hydroxyl groups is 1. The topological polar surface area (TPSA) is 64.6 Å². The van der Waals surface area contributed by atoms with Crippen molar-refractivity contribution in [3.63, 3.8) is 0 Å². The lowest BCUT2D eigenvalue weighted by molar-refractivity contribution is 0.214. The van der Waals surface area contributed by atoms with Crippen LogP contribution in [0.2, 0.25) is 0 Å². The van der Waals surface area contributed by atoms with E-state index in [0.29, 0.717) is 5.92 Å². The quantitative estimate of drug-likeness (QED) is 0.721. The average molecular weight is 374 g/mol. The number of nitrogens with zero attached hydrogens (tertiary/aromatic N) is 1. The Hall–Kier alpha value is -2.05. The molecule has 0 saturated heterocycles. The van der Waals surface area contributed by atoms with E-state index >= 15 is 0 Å². The minimum absolute atomic E-state index is 0.0515. The van der Waals surface area contributed by atoms with Gasteiger partial charge in [0.25, 0.3) is 0 Å². The van der Waals surface area contributed by atoms with Gasteiger partial charge in [0.1, 0.15) is 0 Å². The number of hydrogen-bond donors (Lipinski definition) is 3. The van der Waals surface area contributed by atoms with Crippen LogP contribution in [0.3, 0.4) is 0 Å². The van der Waals surface area contributed by atoms with Gasteiger partial charge in [-0.25, -0.2) is 4.79 Å². The zero-order chi connectivity index (χ0) is 18.5. The van der Waals surface area contributed by atoms with Gasteiger partial charge in [0.15, 0.2) is 0 Å². The fourth-order valence-corrected chi connectivity index (χ4v) is 4.21. The Bertz CT molecular complexity index is 727. The van der Waals surface area contributed by atoms with Crippen molar-refractivity contribution in [3.05, 3.63) is 46.2 Å². The number of fused-ring (bicyclic) bond motifs is 1. The number of thiophene rings is 1. The van der Waals surface area contributed by atoms with E-state index in [2.05, 4.69) is 40.8 Å². The fraction of sp³-hybridized carbons (Fsp3) is 0.450. The maximum Gasteiger partial charge on any atom is 0.319 e. The smallest absolute Gasteiger partial charge is 0.319 e. The molecular weight excluding hydrogens is 346 g/mol. The van der Waals surface area contributed by atoms with Gasteiger partial charge < -0.3 is 20.6 Å². The van der Waals surface area contributed by atoms with Crippen molar-refractivity contribution in [2.75, 3.05) is 23.4 Å². The summed E-state index contributed by atoms with van der Waals surface area (Å²) in [6.45, 7) is 6.05. The Morgan fingerprint density at radius 3 is 2.73 bits per heavy atom. The van der Waals surface area contributed by atoms with Gasteiger partial charge in [0.05, 0.1) is 12.6 Å². The summed E-state index contributed by atoms with van der Waals surface area (Å²) in [6, 6.07) is 9.65. The molecule has 0 aliphatic carbocycles. The van der Waals surface area contributed by atoms with Crippen LogP contribution in [0.1, 0.15) is 30.7 Å². The zero-order valence-electron chi connectivity index (χ0n) is 15.4. The third-order valence-electron chi connectivity index (χ3n) is 4.61. The van der Waals surface area contributed by atoms with Crippen molar-refractivity contribution in [2.45, 2.75) is 39.3 Å². The number of carbonyl (C=O) groups is 1. The first-order chi connectivity index (χ1) is 12.5. The predicted octanol–water partition coefficient (Wildman–Crippen LogP) is 3.84. The summed E-state index contributed by atoms with van der Waals surface area (Å²) in [7, 11) is 0. The molecule has 1 aliphatic heterocycles. The van der Waals surface area contributed by atoms with Crippen molar-refractivity contribution < 1.29 is 9.90 Å². The summed E-state index contributed by atoms with van der Waals surface area (Å²) >= 11 is 1.84. The highest BCUT2D eigenvalue weighted by Gasteiger charge is 2.17. The number of nitrogens with one attached hydrogen (secondary N) is 2. The lowest BCUT2D eigenvalue weighted by Gasteiger charge is -2.29. The van der Waals surface area contributed by atoms with Crippen LogP contribution < -0.4 is 15.5 Å². The average Bonchev–Trinajstić information content (AvgIpc) is 3.09. The molecule has 0 saturated carbocycles. The molecule has 0 fully saturated rings. The van der Waals surface area contributed by atoms with Crippen molar-refractivity contribution in [1.82, 2.24) is 5.32 Å². The monoisotopic (exact) mass is 373 g/mol. The first kappa shape index (κ1) is 18.7. The van der Waals surface area contributed by atoms with E-state index < -0.39 is 0 Å². The molecule has 0 bridgehead atoms. The number of rotatable bonds is 6. The fourth-order valence-electron chi connectivity index (χ4n) is 3.33. The molecule has 3 N–H and O–H groups in total. The summed E-state index contributed by atoms with van der Waals surface area (Å²) in [4.78, 5) is 16.0. The number of amides is 2. The molecule has 1 unspecified atom stereocenters. The van der Waals surface area contributed by atoms with Gasteiger partial charge in [-0.05, 0) is 60.0 Å². The molecule has 1 atom stereocenters. The molecule has 1 aromatic heterocycles. The van der Waals surface area contributed by atoms with Crippen molar-refractivity contribution in [3.8, 4) is 0 Å². The van der Waals surface area contributed by atoms with Crippen molar-refractivity contribution in [1.29, 1.82) is 0 Å². The third kappa shape index (κ3) is 4.77. The Morgan fingerprint density at radius 1 is 1.27 bits per heavy atom. The van der Waals surface area contributed by atoms with Gasteiger partial charge in [-0.3, -0.25) is 0 Å². The predicted molar refractivity (Wildman–Crippen MR) is 108 cm³/mol. The number of anilines is 2. The highest BCUT2D eigenvalue weighted by molar-refractivity contribution is 7.10. The molecule has 2 amide bonds. The lowest BCUT2D eigenvalue weighted by Crippen LogP contribution is -2.40. The first-order valence-corrected chi connectivity index (χ1v) is 10.0. The van der Waals surface area contributed by atoms with Gasteiger partial charge in [-0.15, -0.1) is 11.3 Å². The molecule has 2 heterocycles. The van der Waals surface area contributed by atoms with E-state index in [1.165, 1.54) is 16.1 Å². The van der Waals surface area contributed by atoms with Crippen LogP contribution in [0.25, 0.3) is 0 Å². The summed E-state index contributed by atoms with van der Waals surface area (Å²) in [5.41, 5.74) is 3.34. The molecule has 6 heteroatoms. The number of urea groups is 1. The molecule has 26 heavy (non-hydrogen) atoms. The molecule has 140 valence electrons. The minimum Gasteiger partial charge on any atom is -0.394 e. The number of aliphatic hydroxyl groups excluding tert-OH is 1. The second kappa shape index (κ2) is 8.56. The van der Waals surface area contributed by atoms with Crippen molar-refractivity contribution >= 4 is 28.7 Å². The molecular formula is C20H27N3O2S. The summed E-state index contributed by atoms with van der Waals surface area (Å²) in [6.07, 6.45) is 1.84. The summed E-state index contributed by atoms with van der Waals surface area (Å²) in [5.74, 6) is 0.417. The molecule has 2 aromatic rings. The van der Waals surface area contributed by atoms with Crippen LogP contribution in [0.4, 0.5) is 16.2 Å². The number of hydrogen-bond acceptors (Lipinski definition) is 4. The Labute approximate surface area is 159 Å². The van der Waals surface area contributed by atoms with Gasteiger partial charge >= 0.3 is 6.03 Å². The molecule has 5 nitrogen and oxygen atoms in total. The van der Waals surface area contributed by atoms with Crippen LogP contribution in [-0.4, -0.2) is 30.3 Å². The SMILES string of the molecule is CC(C)CC(CO)NC(=O)Nc1ccc(N2CCc3sccc3C2)cc1. The van der Waals surface area contributed by atoms with Crippen LogP contribution in [0.15, 0.2) is 35.7 Å². The van der Waals surface area contributed by atoms with Crippen LogP contribution in [0, 0.1) is 5.92 Å². The van der Waals surface area contributed by atoms with E-state index in [0.717, 1.165) is 31.6 Å². The van der Waals surface area contributed by atoms with Crippen LogP contribution in [-0.2, 0) is 13.0 Å². The molecule has 1 aromatic carbocycles. The van der Waals surface area contributed by atoms with Crippen LogP contribution in [0.5, 0.6) is 0 Å². The van der Waals surface area contributed by atoms with E-state index in [-0.39, 0.29) is 18.7 Å². The van der Waals surface area contributed by atoms with Crippen LogP contribution >= 0.6 is 11.3 Å².